The lowest BCUT2D eigenvalue weighted by Gasteiger charge is -2.16. The van der Waals surface area contributed by atoms with Crippen LogP contribution < -0.4 is 0 Å². The van der Waals surface area contributed by atoms with Crippen LogP contribution in [0.15, 0.2) is 24.3 Å². The average molecular weight is 468 g/mol. The van der Waals surface area contributed by atoms with Crippen molar-refractivity contribution < 1.29 is 57.4 Å². The number of hydrogen-bond acceptors (Lipinski definition) is 12. The van der Waals surface area contributed by atoms with Crippen LogP contribution in [0.25, 0.3) is 0 Å². The maximum Gasteiger partial charge on any atom is 0.331 e. The molecule has 0 aromatic carbocycles. The van der Waals surface area contributed by atoms with Crippen molar-refractivity contribution in [2.75, 3.05) is 26.4 Å². The molecular weight excluding hydrogens is 444 g/mol. The maximum atomic E-state index is 12.1. The van der Waals surface area contributed by atoms with Crippen LogP contribution in [-0.4, -0.2) is 104 Å². The summed E-state index contributed by atoms with van der Waals surface area (Å²) < 4.78 is 37.6. The van der Waals surface area contributed by atoms with E-state index >= 15 is 0 Å². The highest BCUT2D eigenvalue weighted by atomic mass is 16.7. The van der Waals surface area contributed by atoms with E-state index in [-0.39, 0.29) is 32.2 Å². The van der Waals surface area contributed by atoms with Crippen molar-refractivity contribution >= 4 is 23.7 Å². The molecular formula is C21H24O12. The molecule has 33 heavy (non-hydrogen) atoms. The number of allylic oxidation sites excluding steroid dienone is 1. The molecule has 0 bridgehead atoms. The minimum absolute atomic E-state index is 0.0266. The van der Waals surface area contributed by atoms with Gasteiger partial charge in [-0.05, 0) is 13.0 Å². The Morgan fingerprint density at radius 2 is 1.00 bits per heavy atom. The Morgan fingerprint density at radius 3 is 1.45 bits per heavy atom. The van der Waals surface area contributed by atoms with Gasteiger partial charge in [0.25, 0.3) is 0 Å². The van der Waals surface area contributed by atoms with Gasteiger partial charge in [-0.1, -0.05) is 0 Å². The fourth-order valence-electron chi connectivity index (χ4n) is 4.06. The Labute approximate surface area is 188 Å². The van der Waals surface area contributed by atoms with E-state index in [1.165, 1.54) is 6.92 Å². The zero-order chi connectivity index (χ0) is 23.5. The predicted molar refractivity (Wildman–Crippen MR) is 104 cm³/mol. The summed E-state index contributed by atoms with van der Waals surface area (Å²) in [6.45, 7) is 1.58. The molecule has 12 nitrogen and oxygen atoms in total. The Bertz CT molecular complexity index is 850. The van der Waals surface area contributed by atoms with Gasteiger partial charge in [0.1, 0.15) is 30.5 Å². The first-order chi connectivity index (χ1) is 15.8. The number of ether oxygens (including phenoxy) is 7. The first-order valence-electron chi connectivity index (χ1n) is 10.4. The van der Waals surface area contributed by atoms with Gasteiger partial charge in [-0.25, -0.2) is 14.4 Å². The van der Waals surface area contributed by atoms with Crippen molar-refractivity contribution in [2.24, 2.45) is 0 Å². The topological polar surface area (TPSA) is 153 Å². The van der Waals surface area contributed by atoms with Gasteiger partial charge in [0.15, 0.2) is 24.1 Å². The highest BCUT2D eigenvalue weighted by Gasteiger charge is 2.51. The summed E-state index contributed by atoms with van der Waals surface area (Å²) in [4.78, 5) is 46.8. The average Bonchev–Trinajstić information content (AvgIpc) is 3.52. The Kier molecular flexibility index (Phi) is 7.20. The second-order valence-electron chi connectivity index (χ2n) is 7.96. The third-order valence-electron chi connectivity index (χ3n) is 5.56. The third-order valence-corrected chi connectivity index (χ3v) is 5.56. The number of aliphatic hydroxyl groups excluding tert-OH is 1. The van der Waals surface area contributed by atoms with Gasteiger partial charge in [-0.3, -0.25) is 4.79 Å². The maximum absolute atomic E-state index is 12.1. The van der Waals surface area contributed by atoms with E-state index in [4.69, 9.17) is 33.2 Å². The number of esters is 3. The summed E-state index contributed by atoms with van der Waals surface area (Å²) in [6.07, 6.45) is -1.28. The van der Waals surface area contributed by atoms with Crippen LogP contribution in [0, 0.1) is 0 Å². The fraction of sp³-hybridized carbons (Fsp3) is 0.619. The number of rotatable bonds is 7. The summed E-state index contributed by atoms with van der Waals surface area (Å²) in [7, 11) is 0. The second-order valence-corrected chi connectivity index (χ2v) is 7.96. The lowest BCUT2D eigenvalue weighted by atomic mass is 10.1. The standard InChI is InChI=1S/C21H24O12/c1-10(22)2-3-15(24)32-13-8-29-21-14(9-30-20(13)21)33-17(26)5-4-16(25)31-12-7-28-18-11(23)6-27-19(12)18/h2-5,11-14,18-21,23H,6-9H2,1H3/t11-,12-,13-,14-,18-,19-,20-,21-/m1/s1. The summed E-state index contributed by atoms with van der Waals surface area (Å²) in [6, 6.07) is 0. The zero-order valence-corrected chi connectivity index (χ0v) is 17.7. The number of hydrogen-bond donors (Lipinski definition) is 1. The molecule has 4 rings (SSSR count). The van der Waals surface area contributed by atoms with Crippen LogP contribution in [-0.2, 0) is 52.3 Å². The smallest absolute Gasteiger partial charge is 0.331 e. The van der Waals surface area contributed by atoms with Gasteiger partial charge >= 0.3 is 17.9 Å². The number of aliphatic hydroxyl groups is 1. The molecule has 4 heterocycles. The lowest BCUT2D eigenvalue weighted by molar-refractivity contribution is -0.151. The van der Waals surface area contributed by atoms with Crippen molar-refractivity contribution in [1.29, 1.82) is 0 Å². The minimum atomic E-state index is -0.803. The highest BCUT2D eigenvalue weighted by Crippen LogP contribution is 2.31. The van der Waals surface area contributed by atoms with Gasteiger partial charge < -0.3 is 38.3 Å². The molecule has 180 valence electrons. The largest absolute Gasteiger partial charge is 0.454 e. The highest BCUT2D eigenvalue weighted by molar-refractivity contribution is 5.94. The van der Waals surface area contributed by atoms with Crippen molar-refractivity contribution in [1.82, 2.24) is 0 Å². The number of ketones is 1. The molecule has 0 radical (unpaired) electrons. The molecule has 4 aliphatic heterocycles. The van der Waals surface area contributed by atoms with Crippen molar-refractivity contribution in [3.8, 4) is 0 Å². The van der Waals surface area contributed by atoms with Gasteiger partial charge in [0.2, 0.25) is 0 Å². The zero-order valence-electron chi connectivity index (χ0n) is 17.7. The Balaban J connectivity index is 1.22. The molecule has 0 unspecified atom stereocenters. The summed E-state index contributed by atoms with van der Waals surface area (Å²) in [5.41, 5.74) is 0. The molecule has 12 heteroatoms. The molecule has 0 spiro atoms. The first kappa shape index (κ1) is 23.5. The van der Waals surface area contributed by atoms with Crippen LogP contribution >= 0.6 is 0 Å². The predicted octanol–water partition coefficient (Wildman–Crippen LogP) is -1.62. The number of fused-ring (bicyclic) bond motifs is 2. The first-order valence-corrected chi connectivity index (χ1v) is 10.4. The summed E-state index contributed by atoms with van der Waals surface area (Å²) in [5.74, 6) is -2.58. The molecule has 0 aromatic heterocycles. The lowest BCUT2D eigenvalue weighted by Crippen LogP contribution is -2.35. The van der Waals surface area contributed by atoms with E-state index in [2.05, 4.69) is 0 Å². The molecule has 0 aromatic rings. The van der Waals surface area contributed by atoms with Crippen molar-refractivity contribution in [3.05, 3.63) is 24.3 Å². The second kappa shape index (κ2) is 10.1. The monoisotopic (exact) mass is 468 g/mol. The molecule has 4 aliphatic rings. The van der Waals surface area contributed by atoms with Crippen molar-refractivity contribution in [2.45, 2.75) is 55.8 Å². The Morgan fingerprint density at radius 1 is 0.636 bits per heavy atom. The van der Waals surface area contributed by atoms with E-state index < -0.39 is 66.7 Å². The SMILES string of the molecule is CC(=O)C=CC(=O)O[C@@H]1CO[C@H]2[C@@H]1OC[C@H]2OC(=O)C=CC(=O)O[C@@H]1CO[C@H]2[C@@H]1OC[C@H]2O. The van der Waals surface area contributed by atoms with Gasteiger partial charge in [-0.15, -0.1) is 0 Å². The van der Waals surface area contributed by atoms with E-state index in [0.29, 0.717) is 0 Å². The molecule has 8 atom stereocenters. The Hall–Kier alpha value is -2.64. The van der Waals surface area contributed by atoms with Crippen LogP contribution in [0.2, 0.25) is 0 Å². The van der Waals surface area contributed by atoms with Gasteiger partial charge in [0, 0.05) is 18.2 Å². The van der Waals surface area contributed by atoms with Crippen LogP contribution in [0.5, 0.6) is 0 Å². The number of carbonyl (C=O) groups is 4. The minimum Gasteiger partial charge on any atom is -0.454 e. The van der Waals surface area contributed by atoms with Gasteiger partial charge in [0.05, 0.1) is 26.4 Å². The molecule has 1 N–H and O–H groups in total. The molecule has 4 saturated heterocycles. The fourth-order valence-corrected chi connectivity index (χ4v) is 4.06. The molecule has 4 fully saturated rings. The van der Waals surface area contributed by atoms with Crippen molar-refractivity contribution in [3.63, 3.8) is 0 Å². The molecule has 0 aliphatic carbocycles. The van der Waals surface area contributed by atoms with E-state index in [9.17, 15) is 24.3 Å². The van der Waals surface area contributed by atoms with Crippen LogP contribution in [0.3, 0.4) is 0 Å². The normalized spacial score (nSPS) is 37.3. The van der Waals surface area contributed by atoms with E-state index in [0.717, 1.165) is 24.3 Å². The van der Waals surface area contributed by atoms with E-state index in [1.54, 1.807) is 0 Å². The summed E-state index contributed by atoms with van der Waals surface area (Å²) in [5, 5.41) is 9.71. The quantitative estimate of drug-likeness (QED) is 0.259. The van der Waals surface area contributed by atoms with Crippen LogP contribution in [0.1, 0.15) is 6.92 Å². The van der Waals surface area contributed by atoms with E-state index in [1.807, 2.05) is 0 Å². The molecule has 0 saturated carbocycles. The molecule has 0 amide bonds. The number of carbonyl (C=O) groups excluding carboxylic acids is 4. The van der Waals surface area contributed by atoms with Gasteiger partial charge in [-0.2, -0.15) is 0 Å². The third kappa shape index (κ3) is 5.47. The van der Waals surface area contributed by atoms with Crippen LogP contribution in [0.4, 0.5) is 0 Å². The summed E-state index contributed by atoms with van der Waals surface area (Å²) >= 11 is 0.